The summed E-state index contributed by atoms with van der Waals surface area (Å²) in [5.74, 6) is -1.91. The lowest BCUT2D eigenvalue weighted by Crippen LogP contribution is -2.41. The molecule has 0 radical (unpaired) electrons. The number of amidine groups is 1. The van der Waals surface area contributed by atoms with Gasteiger partial charge in [-0.2, -0.15) is 10.5 Å². The van der Waals surface area contributed by atoms with Gasteiger partial charge in [-0.1, -0.05) is 29.8 Å². The molecule has 0 amide bonds. The molecule has 6 heteroatoms. The number of ether oxygens (including phenoxy) is 2. The summed E-state index contributed by atoms with van der Waals surface area (Å²) in [7, 11) is 2.80. The van der Waals surface area contributed by atoms with Crippen LogP contribution in [-0.4, -0.2) is 26.0 Å². The first-order valence-electron chi connectivity index (χ1n) is 6.85. The van der Waals surface area contributed by atoms with Crippen LogP contribution in [0.1, 0.15) is 17.0 Å². The molecule has 2 aliphatic rings. The lowest BCUT2D eigenvalue weighted by Gasteiger charge is -2.29. The van der Waals surface area contributed by atoms with Crippen LogP contribution in [-0.2, 0) is 9.47 Å². The molecule has 1 aromatic rings. The van der Waals surface area contributed by atoms with Crippen molar-refractivity contribution in [1.29, 1.82) is 10.5 Å². The number of hydrogen-bond acceptors (Lipinski definition) is 6. The maximum Gasteiger partial charge on any atom is 0.292 e. The third-order valence-corrected chi connectivity index (χ3v) is 4.89. The number of nitrogens with two attached hydrogens (primary N) is 1. The highest BCUT2D eigenvalue weighted by Gasteiger charge is 2.93. The number of fused-ring (bicyclic) bond motifs is 1. The average molecular weight is 296 g/mol. The van der Waals surface area contributed by atoms with Crippen molar-refractivity contribution >= 4 is 5.84 Å². The van der Waals surface area contributed by atoms with E-state index >= 15 is 0 Å². The molecule has 112 valence electrons. The highest BCUT2D eigenvalue weighted by atomic mass is 16.7. The van der Waals surface area contributed by atoms with Crippen molar-refractivity contribution in [2.24, 2.45) is 21.6 Å². The van der Waals surface area contributed by atoms with E-state index in [9.17, 15) is 10.5 Å². The molecule has 1 heterocycles. The summed E-state index contributed by atoms with van der Waals surface area (Å²) in [4.78, 5) is 4.17. The highest BCUT2D eigenvalue weighted by Crippen LogP contribution is 2.81. The second-order valence-corrected chi connectivity index (χ2v) is 5.67. The van der Waals surface area contributed by atoms with Crippen molar-refractivity contribution in [2.45, 2.75) is 18.8 Å². The summed E-state index contributed by atoms with van der Waals surface area (Å²) in [5.41, 5.74) is 5.47. The van der Waals surface area contributed by atoms with Crippen molar-refractivity contribution in [3.05, 3.63) is 35.4 Å². The van der Waals surface area contributed by atoms with E-state index in [4.69, 9.17) is 15.2 Å². The number of rotatable bonds is 3. The molecule has 1 aromatic carbocycles. The summed E-state index contributed by atoms with van der Waals surface area (Å²) in [6, 6.07) is 12.1. The summed E-state index contributed by atoms with van der Waals surface area (Å²) in [6.45, 7) is 1.97. The zero-order chi connectivity index (χ0) is 16.2. The van der Waals surface area contributed by atoms with Gasteiger partial charge in [-0.3, -0.25) is 0 Å². The van der Waals surface area contributed by atoms with Gasteiger partial charge in [-0.05, 0) is 12.5 Å². The van der Waals surface area contributed by atoms with Crippen LogP contribution in [0.2, 0.25) is 0 Å². The lowest BCUT2D eigenvalue weighted by molar-refractivity contribution is -0.230. The van der Waals surface area contributed by atoms with E-state index in [2.05, 4.69) is 17.1 Å². The Bertz CT molecular complexity index is 739. The van der Waals surface area contributed by atoms with Crippen LogP contribution in [0.15, 0.2) is 29.3 Å². The number of methoxy groups -OCH3 is 2. The van der Waals surface area contributed by atoms with Crippen LogP contribution < -0.4 is 5.73 Å². The Morgan fingerprint density at radius 3 is 2.18 bits per heavy atom. The summed E-state index contributed by atoms with van der Waals surface area (Å²) in [6.07, 6.45) is 0. The van der Waals surface area contributed by atoms with Gasteiger partial charge in [0.05, 0.1) is 12.1 Å². The van der Waals surface area contributed by atoms with Crippen LogP contribution in [0.3, 0.4) is 0 Å². The second kappa shape index (κ2) is 4.30. The maximum atomic E-state index is 9.88. The van der Waals surface area contributed by atoms with E-state index in [0.717, 1.165) is 11.1 Å². The fourth-order valence-electron chi connectivity index (χ4n) is 3.78. The van der Waals surface area contributed by atoms with E-state index in [1.165, 1.54) is 14.2 Å². The molecular formula is C16H16N4O2. The zero-order valence-corrected chi connectivity index (χ0v) is 12.6. The van der Waals surface area contributed by atoms with Crippen LogP contribution in [0, 0.1) is 40.4 Å². The van der Waals surface area contributed by atoms with Gasteiger partial charge < -0.3 is 15.2 Å². The number of nitrogens with zero attached hydrogens (tertiary/aromatic N) is 3. The Hall–Kier alpha value is -2.41. The van der Waals surface area contributed by atoms with Gasteiger partial charge in [0.1, 0.15) is 11.3 Å². The Morgan fingerprint density at radius 1 is 1.14 bits per heavy atom. The van der Waals surface area contributed by atoms with E-state index in [1.807, 2.05) is 31.2 Å². The van der Waals surface area contributed by atoms with Gasteiger partial charge in [0, 0.05) is 20.1 Å². The number of aryl methyl sites for hydroxylation is 1. The molecule has 1 saturated carbocycles. The molecule has 3 rings (SSSR count). The van der Waals surface area contributed by atoms with Gasteiger partial charge in [-0.15, -0.1) is 0 Å². The van der Waals surface area contributed by atoms with Crippen LogP contribution >= 0.6 is 0 Å². The van der Waals surface area contributed by atoms with E-state index < -0.39 is 22.7 Å². The Balaban J connectivity index is 2.23. The Morgan fingerprint density at radius 2 is 1.73 bits per heavy atom. The zero-order valence-electron chi connectivity index (χ0n) is 12.6. The lowest BCUT2D eigenvalue weighted by atomic mass is 9.93. The standard InChI is InChI=1S/C16H16N4O2/c1-10-4-6-11(7-5-10)12-14(8-17)13(19)20-16(21-2,22-3)15(12,14)9-18/h4-7,12H,1-3H3,(H2,19,20)/t12-,14-,15-/m0/s1. The molecule has 0 bridgehead atoms. The van der Waals surface area contributed by atoms with E-state index in [1.54, 1.807) is 0 Å². The minimum absolute atomic E-state index is 0.0887. The van der Waals surface area contributed by atoms with Gasteiger partial charge >= 0.3 is 0 Å². The van der Waals surface area contributed by atoms with Gasteiger partial charge in [0.15, 0.2) is 5.41 Å². The molecule has 3 atom stereocenters. The number of benzene rings is 1. The Labute approximate surface area is 128 Å². The molecule has 1 aliphatic carbocycles. The first-order chi connectivity index (χ1) is 10.5. The van der Waals surface area contributed by atoms with Gasteiger partial charge in [0.2, 0.25) is 0 Å². The normalized spacial score (nSPS) is 34.2. The quantitative estimate of drug-likeness (QED) is 0.849. The minimum atomic E-state index is -1.56. The fourth-order valence-corrected chi connectivity index (χ4v) is 3.78. The smallest absolute Gasteiger partial charge is 0.292 e. The molecule has 6 nitrogen and oxygen atoms in total. The molecule has 0 unspecified atom stereocenters. The van der Waals surface area contributed by atoms with Crippen LogP contribution in [0.5, 0.6) is 0 Å². The molecule has 0 saturated heterocycles. The largest absolute Gasteiger partial charge is 0.386 e. The first-order valence-corrected chi connectivity index (χ1v) is 6.85. The molecule has 22 heavy (non-hydrogen) atoms. The summed E-state index contributed by atoms with van der Waals surface area (Å²) < 4.78 is 10.8. The minimum Gasteiger partial charge on any atom is -0.386 e. The SMILES string of the molecule is COC1(OC)N=C(N)[C@]2(C#N)[C@H](c3ccc(C)cc3)[C@]12C#N. The van der Waals surface area contributed by atoms with E-state index in [0.29, 0.717) is 0 Å². The molecule has 0 spiro atoms. The highest BCUT2D eigenvalue weighted by molar-refractivity contribution is 6.00. The van der Waals surface area contributed by atoms with Crippen molar-refractivity contribution in [1.82, 2.24) is 0 Å². The van der Waals surface area contributed by atoms with Crippen LogP contribution in [0.25, 0.3) is 0 Å². The van der Waals surface area contributed by atoms with E-state index in [-0.39, 0.29) is 5.84 Å². The van der Waals surface area contributed by atoms with Crippen molar-refractivity contribution < 1.29 is 9.47 Å². The number of hydrogen-bond donors (Lipinski definition) is 1. The number of nitriles is 2. The number of aliphatic imine (C=N–C) groups is 1. The molecular weight excluding hydrogens is 280 g/mol. The van der Waals surface area contributed by atoms with Crippen molar-refractivity contribution in [3.63, 3.8) is 0 Å². The maximum absolute atomic E-state index is 9.88. The van der Waals surface area contributed by atoms with Crippen molar-refractivity contribution in [2.75, 3.05) is 14.2 Å². The topological polar surface area (TPSA) is 104 Å². The first kappa shape index (κ1) is 14.5. The van der Waals surface area contributed by atoms with Crippen LogP contribution in [0.4, 0.5) is 0 Å². The predicted molar refractivity (Wildman–Crippen MR) is 78.4 cm³/mol. The summed E-state index contributed by atoms with van der Waals surface area (Å²) in [5, 5.41) is 19.6. The third kappa shape index (κ3) is 1.24. The second-order valence-electron chi connectivity index (χ2n) is 5.67. The van der Waals surface area contributed by atoms with Crippen molar-refractivity contribution in [3.8, 4) is 12.1 Å². The summed E-state index contributed by atoms with van der Waals surface area (Å²) >= 11 is 0. The average Bonchev–Trinajstić information content (AvgIpc) is 3.11. The third-order valence-electron chi connectivity index (χ3n) is 4.89. The predicted octanol–water partition coefficient (Wildman–Crippen LogP) is 1.43. The van der Waals surface area contributed by atoms with Gasteiger partial charge in [-0.25, -0.2) is 4.99 Å². The molecule has 2 N–H and O–H groups in total. The molecule has 1 fully saturated rings. The molecule has 0 aromatic heterocycles. The Kier molecular flexibility index (Phi) is 2.84. The monoisotopic (exact) mass is 296 g/mol. The fraction of sp³-hybridized carbons (Fsp3) is 0.438. The van der Waals surface area contributed by atoms with Gasteiger partial charge in [0.25, 0.3) is 5.91 Å². The molecule has 1 aliphatic heterocycles.